The predicted octanol–water partition coefficient (Wildman–Crippen LogP) is 3.40. The van der Waals surface area contributed by atoms with Crippen molar-refractivity contribution < 1.29 is 27.9 Å². The van der Waals surface area contributed by atoms with Gasteiger partial charge >= 0.3 is 12.1 Å². The Morgan fingerprint density at radius 1 is 1.33 bits per heavy atom. The SMILES string of the molecule is CC(Cc1cccc(C(F)(F)F)c1)C(=O)NC1(CC(=O)O)CCC1. The number of aliphatic carboxylic acids is 1. The second-order valence-electron chi connectivity index (χ2n) is 6.50. The minimum absolute atomic E-state index is 0.130. The van der Waals surface area contributed by atoms with E-state index in [1.54, 1.807) is 13.0 Å². The van der Waals surface area contributed by atoms with E-state index < -0.39 is 29.2 Å². The average Bonchev–Trinajstić information content (AvgIpc) is 2.43. The van der Waals surface area contributed by atoms with Crippen LogP contribution in [-0.2, 0) is 22.2 Å². The normalized spacial score (nSPS) is 17.7. The maximum Gasteiger partial charge on any atom is 0.416 e. The zero-order chi connectivity index (χ0) is 18.0. The first kappa shape index (κ1) is 18.3. The fraction of sp³-hybridized carbons (Fsp3) is 0.529. The minimum Gasteiger partial charge on any atom is -0.481 e. The molecule has 1 aliphatic carbocycles. The Morgan fingerprint density at radius 3 is 2.50 bits per heavy atom. The molecule has 2 rings (SSSR count). The van der Waals surface area contributed by atoms with Gasteiger partial charge in [0.25, 0.3) is 0 Å². The lowest BCUT2D eigenvalue weighted by atomic mass is 9.74. The Bertz CT molecular complexity index is 624. The van der Waals surface area contributed by atoms with Crippen molar-refractivity contribution in [3.63, 3.8) is 0 Å². The first-order chi connectivity index (χ1) is 11.1. The molecule has 1 fully saturated rings. The van der Waals surface area contributed by atoms with Crippen molar-refractivity contribution in [2.45, 2.75) is 50.7 Å². The number of amides is 1. The maximum atomic E-state index is 12.7. The third kappa shape index (κ3) is 4.49. The molecule has 0 aliphatic heterocycles. The van der Waals surface area contributed by atoms with Gasteiger partial charge in [-0.3, -0.25) is 9.59 Å². The molecule has 4 nitrogen and oxygen atoms in total. The van der Waals surface area contributed by atoms with Gasteiger partial charge in [0.15, 0.2) is 0 Å². The van der Waals surface area contributed by atoms with Crippen molar-refractivity contribution in [1.29, 1.82) is 0 Å². The number of halogens is 3. The van der Waals surface area contributed by atoms with Gasteiger partial charge in [-0.15, -0.1) is 0 Å². The van der Waals surface area contributed by atoms with Crippen LogP contribution in [0.1, 0.15) is 43.7 Å². The van der Waals surface area contributed by atoms with Gasteiger partial charge in [-0.2, -0.15) is 13.2 Å². The molecular formula is C17H20F3NO3. The lowest BCUT2D eigenvalue weighted by Gasteiger charge is -2.42. The second-order valence-corrected chi connectivity index (χ2v) is 6.50. The number of rotatable bonds is 6. The van der Waals surface area contributed by atoms with Crippen molar-refractivity contribution in [3.8, 4) is 0 Å². The minimum atomic E-state index is -4.42. The van der Waals surface area contributed by atoms with E-state index in [1.165, 1.54) is 6.07 Å². The number of carboxylic acids is 1. The molecule has 0 heterocycles. The highest BCUT2D eigenvalue weighted by Crippen LogP contribution is 2.35. The molecule has 1 saturated carbocycles. The molecule has 1 aromatic carbocycles. The highest BCUT2D eigenvalue weighted by Gasteiger charge is 2.41. The summed E-state index contributed by atoms with van der Waals surface area (Å²) in [7, 11) is 0. The smallest absolute Gasteiger partial charge is 0.416 e. The Morgan fingerprint density at radius 2 is 2.00 bits per heavy atom. The van der Waals surface area contributed by atoms with Crippen LogP contribution in [-0.4, -0.2) is 22.5 Å². The van der Waals surface area contributed by atoms with E-state index in [9.17, 15) is 22.8 Å². The van der Waals surface area contributed by atoms with Gasteiger partial charge in [0.1, 0.15) is 0 Å². The number of benzene rings is 1. The molecule has 1 aromatic rings. The number of nitrogens with one attached hydrogen (secondary N) is 1. The van der Waals surface area contributed by atoms with Crippen LogP contribution in [0.5, 0.6) is 0 Å². The molecule has 0 saturated heterocycles. The van der Waals surface area contributed by atoms with E-state index in [1.807, 2.05) is 0 Å². The van der Waals surface area contributed by atoms with E-state index in [2.05, 4.69) is 5.32 Å². The average molecular weight is 343 g/mol. The van der Waals surface area contributed by atoms with E-state index >= 15 is 0 Å². The van der Waals surface area contributed by atoms with Crippen molar-refractivity contribution in [2.24, 2.45) is 5.92 Å². The molecule has 7 heteroatoms. The molecule has 24 heavy (non-hydrogen) atoms. The van der Waals surface area contributed by atoms with Crippen LogP contribution in [0.2, 0.25) is 0 Å². The molecule has 1 unspecified atom stereocenters. The quantitative estimate of drug-likeness (QED) is 0.832. The summed E-state index contributed by atoms with van der Waals surface area (Å²) in [5, 5.41) is 11.7. The second kappa shape index (κ2) is 6.83. The summed E-state index contributed by atoms with van der Waals surface area (Å²) < 4.78 is 38.2. The monoisotopic (exact) mass is 343 g/mol. The van der Waals surface area contributed by atoms with Gasteiger partial charge in [0.2, 0.25) is 5.91 Å². The van der Waals surface area contributed by atoms with Gasteiger partial charge in [-0.1, -0.05) is 25.1 Å². The largest absolute Gasteiger partial charge is 0.481 e. The Balaban J connectivity index is 2.00. The summed E-state index contributed by atoms with van der Waals surface area (Å²) in [6.07, 6.45) is -2.30. The number of carbonyl (C=O) groups is 2. The summed E-state index contributed by atoms with van der Waals surface area (Å²) in [5.41, 5.74) is -1.02. The molecule has 0 bridgehead atoms. The van der Waals surface area contributed by atoms with Gasteiger partial charge in [-0.25, -0.2) is 0 Å². The van der Waals surface area contributed by atoms with Crippen LogP contribution in [0, 0.1) is 5.92 Å². The van der Waals surface area contributed by atoms with Gasteiger partial charge in [-0.05, 0) is 37.3 Å². The number of hydrogen-bond donors (Lipinski definition) is 2. The summed E-state index contributed by atoms with van der Waals surface area (Å²) in [4.78, 5) is 23.2. The third-order valence-electron chi connectivity index (χ3n) is 4.43. The number of carboxylic acid groups (broad SMARTS) is 1. The van der Waals surface area contributed by atoms with Crippen LogP contribution in [0.25, 0.3) is 0 Å². The van der Waals surface area contributed by atoms with Gasteiger partial charge in [0.05, 0.1) is 17.5 Å². The standard InChI is InChI=1S/C17H20F3NO3/c1-11(8-12-4-2-5-13(9-12)17(18,19)20)15(24)21-16(6-3-7-16)10-14(22)23/h2,4-5,9,11H,3,6-8,10H2,1H3,(H,21,24)(H,22,23). The molecule has 0 radical (unpaired) electrons. The first-order valence-corrected chi connectivity index (χ1v) is 7.81. The molecule has 1 amide bonds. The summed E-state index contributed by atoms with van der Waals surface area (Å²) in [5.74, 6) is -1.84. The zero-order valence-electron chi connectivity index (χ0n) is 13.3. The summed E-state index contributed by atoms with van der Waals surface area (Å²) in [6.45, 7) is 1.63. The lowest BCUT2D eigenvalue weighted by molar-refractivity contribution is -0.141. The van der Waals surface area contributed by atoms with E-state index in [-0.39, 0.29) is 18.7 Å². The van der Waals surface area contributed by atoms with Crippen molar-refractivity contribution in [2.75, 3.05) is 0 Å². The van der Waals surface area contributed by atoms with Crippen molar-refractivity contribution >= 4 is 11.9 Å². The van der Waals surface area contributed by atoms with Crippen LogP contribution < -0.4 is 5.32 Å². The molecule has 0 spiro atoms. The molecule has 132 valence electrons. The molecule has 1 atom stereocenters. The number of hydrogen-bond acceptors (Lipinski definition) is 2. The van der Waals surface area contributed by atoms with Crippen molar-refractivity contribution in [3.05, 3.63) is 35.4 Å². The number of carbonyl (C=O) groups excluding carboxylic acids is 1. The number of alkyl halides is 3. The third-order valence-corrected chi connectivity index (χ3v) is 4.43. The topological polar surface area (TPSA) is 66.4 Å². The zero-order valence-corrected chi connectivity index (χ0v) is 13.3. The molecule has 1 aliphatic rings. The van der Waals surface area contributed by atoms with Gasteiger partial charge in [0, 0.05) is 5.92 Å². The van der Waals surface area contributed by atoms with Crippen LogP contribution in [0.3, 0.4) is 0 Å². The van der Waals surface area contributed by atoms with E-state index in [0.717, 1.165) is 18.6 Å². The molecule has 0 aromatic heterocycles. The van der Waals surface area contributed by atoms with Gasteiger partial charge < -0.3 is 10.4 Å². The first-order valence-electron chi connectivity index (χ1n) is 7.81. The fourth-order valence-corrected chi connectivity index (χ4v) is 2.94. The molecular weight excluding hydrogens is 323 g/mol. The highest BCUT2D eigenvalue weighted by atomic mass is 19.4. The van der Waals surface area contributed by atoms with Crippen LogP contribution in [0.4, 0.5) is 13.2 Å². The highest BCUT2D eigenvalue weighted by molar-refractivity contribution is 5.80. The Labute approximate surface area is 138 Å². The van der Waals surface area contributed by atoms with Crippen LogP contribution >= 0.6 is 0 Å². The summed E-state index contributed by atoms with van der Waals surface area (Å²) in [6, 6.07) is 4.90. The Kier molecular flexibility index (Phi) is 5.20. The molecule has 2 N–H and O–H groups in total. The van der Waals surface area contributed by atoms with Crippen LogP contribution in [0.15, 0.2) is 24.3 Å². The van der Waals surface area contributed by atoms with Crippen molar-refractivity contribution in [1.82, 2.24) is 5.32 Å². The fourth-order valence-electron chi connectivity index (χ4n) is 2.94. The predicted molar refractivity (Wildman–Crippen MR) is 81.3 cm³/mol. The van der Waals surface area contributed by atoms with E-state index in [0.29, 0.717) is 18.4 Å². The lowest BCUT2D eigenvalue weighted by Crippen LogP contribution is -2.56. The maximum absolute atomic E-state index is 12.7. The summed E-state index contributed by atoms with van der Waals surface area (Å²) >= 11 is 0. The van der Waals surface area contributed by atoms with E-state index in [4.69, 9.17) is 5.11 Å². The Hall–Kier alpha value is -2.05.